The minimum Gasteiger partial charge on any atom is -0.465 e. The summed E-state index contributed by atoms with van der Waals surface area (Å²) in [5.74, 6) is -5.26. The number of anilines is 2. The highest BCUT2D eigenvalue weighted by Crippen LogP contribution is 2.26. The topological polar surface area (TPSA) is 140 Å². The van der Waals surface area contributed by atoms with Crippen LogP contribution in [-0.4, -0.2) is 49.4 Å². The van der Waals surface area contributed by atoms with Crippen LogP contribution in [-0.2, 0) is 39.9 Å². The lowest BCUT2D eigenvalue weighted by Gasteiger charge is -2.16. The Hall–Kier alpha value is -3.69. The summed E-state index contributed by atoms with van der Waals surface area (Å²) in [4.78, 5) is 60.7. The molecule has 1 atom stereocenters. The third-order valence-corrected chi connectivity index (χ3v) is 4.48. The lowest BCUT2D eigenvalue weighted by atomic mass is 10.1. The minimum atomic E-state index is -1.75. The highest BCUT2D eigenvalue weighted by Gasteiger charge is 2.36. The molecule has 0 saturated carbocycles. The van der Waals surface area contributed by atoms with Crippen molar-refractivity contribution in [3.8, 4) is 0 Å². The molecule has 0 bridgehead atoms. The smallest absolute Gasteiger partial charge is 0.333 e. The van der Waals surface area contributed by atoms with Crippen LogP contribution in [0.2, 0.25) is 0 Å². The Morgan fingerprint density at radius 2 is 1.91 bits per heavy atom. The second-order valence-electron chi connectivity index (χ2n) is 7.25. The lowest BCUT2D eigenvalue weighted by Crippen LogP contribution is -2.44. The third kappa shape index (κ3) is 6.93. The molecule has 0 radical (unpaired) electrons. The number of amides is 3. The maximum absolute atomic E-state index is 12.8. The number of unbranched alkanes of at least 4 members (excludes halogenated alkanes) is 1. The lowest BCUT2D eigenvalue weighted by molar-refractivity contribution is -0.155. The van der Waals surface area contributed by atoms with Crippen LogP contribution in [0.1, 0.15) is 32.3 Å². The van der Waals surface area contributed by atoms with Crippen LogP contribution in [0.15, 0.2) is 30.4 Å². The van der Waals surface area contributed by atoms with Crippen molar-refractivity contribution in [2.75, 3.05) is 30.4 Å². The molecule has 0 aromatic heterocycles. The van der Waals surface area contributed by atoms with Crippen molar-refractivity contribution >= 4 is 41.0 Å². The Balaban J connectivity index is 2.04. The highest BCUT2D eigenvalue weighted by molar-refractivity contribution is 6.19. The maximum atomic E-state index is 12.8. The van der Waals surface area contributed by atoms with Crippen LogP contribution in [0, 0.1) is 5.92 Å². The Bertz CT molecular complexity index is 926. The van der Waals surface area contributed by atoms with Gasteiger partial charge in [-0.1, -0.05) is 19.9 Å². The summed E-state index contributed by atoms with van der Waals surface area (Å²) < 4.78 is 9.95. The molecule has 0 fully saturated rings. The van der Waals surface area contributed by atoms with E-state index in [0.29, 0.717) is 23.4 Å². The van der Waals surface area contributed by atoms with Crippen molar-refractivity contribution in [2.45, 2.75) is 33.1 Å². The van der Waals surface area contributed by atoms with E-state index in [1.807, 2.05) is 6.92 Å². The van der Waals surface area contributed by atoms with Crippen LogP contribution in [0.5, 0.6) is 0 Å². The zero-order valence-corrected chi connectivity index (χ0v) is 18.1. The highest BCUT2D eigenvalue weighted by atomic mass is 16.5. The zero-order valence-electron chi connectivity index (χ0n) is 18.1. The van der Waals surface area contributed by atoms with Crippen LogP contribution in [0.4, 0.5) is 11.4 Å². The van der Waals surface area contributed by atoms with E-state index < -0.39 is 29.7 Å². The van der Waals surface area contributed by atoms with Crippen molar-refractivity contribution in [1.29, 1.82) is 0 Å². The number of hydrogen-bond donors (Lipinski definition) is 3. The molecule has 172 valence electrons. The molecule has 0 spiro atoms. The van der Waals surface area contributed by atoms with Gasteiger partial charge in [0.1, 0.15) is 6.61 Å². The van der Waals surface area contributed by atoms with Gasteiger partial charge in [0.25, 0.3) is 0 Å². The van der Waals surface area contributed by atoms with Crippen molar-refractivity contribution in [1.82, 2.24) is 5.32 Å². The number of carbonyl (C=O) groups excluding carboxylic acids is 5. The summed E-state index contributed by atoms with van der Waals surface area (Å²) >= 11 is 0. The monoisotopic (exact) mass is 445 g/mol. The number of hydrogen-bond acceptors (Lipinski definition) is 7. The SMILES string of the molecule is C=C(C)C(=O)OCCNC(=O)C(C(=O)Nc1ccc2c(c1)CC(=O)N2)C(=O)OCCCC. The molecule has 10 heteroatoms. The second-order valence-corrected chi connectivity index (χ2v) is 7.25. The summed E-state index contributed by atoms with van der Waals surface area (Å²) in [6.07, 6.45) is 1.53. The maximum Gasteiger partial charge on any atom is 0.333 e. The van der Waals surface area contributed by atoms with E-state index in [1.54, 1.807) is 18.2 Å². The Morgan fingerprint density at radius 3 is 2.59 bits per heavy atom. The molecule has 2 rings (SSSR count). The summed E-state index contributed by atoms with van der Waals surface area (Å²) in [6.45, 7) is 6.67. The number of fused-ring (bicyclic) bond motifs is 1. The van der Waals surface area contributed by atoms with Crippen LogP contribution in [0.3, 0.4) is 0 Å². The van der Waals surface area contributed by atoms with Crippen molar-refractivity contribution in [2.24, 2.45) is 5.92 Å². The average molecular weight is 445 g/mol. The summed E-state index contributed by atoms with van der Waals surface area (Å²) in [7, 11) is 0. The normalized spacial score (nSPS) is 12.8. The van der Waals surface area contributed by atoms with Gasteiger partial charge < -0.3 is 25.4 Å². The largest absolute Gasteiger partial charge is 0.465 e. The minimum absolute atomic E-state index is 0.0786. The Morgan fingerprint density at radius 1 is 1.16 bits per heavy atom. The first kappa shape index (κ1) is 24.6. The molecule has 0 saturated heterocycles. The quantitative estimate of drug-likeness (QED) is 0.202. The van der Waals surface area contributed by atoms with Crippen molar-refractivity contribution in [3.05, 3.63) is 35.9 Å². The van der Waals surface area contributed by atoms with Gasteiger partial charge in [-0.2, -0.15) is 0 Å². The number of carbonyl (C=O) groups is 5. The molecule has 32 heavy (non-hydrogen) atoms. The number of ether oxygens (including phenoxy) is 2. The second kappa shape index (κ2) is 11.6. The predicted octanol–water partition coefficient (Wildman–Crippen LogP) is 1.31. The predicted molar refractivity (Wildman–Crippen MR) is 116 cm³/mol. The van der Waals surface area contributed by atoms with Crippen LogP contribution in [0.25, 0.3) is 0 Å². The fourth-order valence-electron chi connectivity index (χ4n) is 2.80. The number of benzene rings is 1. The molecule has 1 heterocycles. The summed E-state index contributed by atoms with van der Waals surface area (Å²) in [6, 6.07) is 4.77. The van der Waals surface area contributed by atoms with Gasteiger partial charge in [0, 0.05) is 16.9 Å². The molecule has 1 aliphatic heterocycles. The van der Waals surface area contributed by atoms with Gasteiger partial charge in [0.2, 0.25) is 23.6 Å². The van der Waals surface area contributed by atoms with E-state index in [4.69, 9.17) is 9.47 Å². The molecular formula is C22H27N3O7. The van der Waals surface area contributed by atoms with Crippen LogP contribution < -0.4 is 16.0 Å². The van der Waals surface area contributed by atoms with Gasteiger partial charge in [-0.25, -0.2) is 4.79 Å². The van der Waals surface area contributed by atoms with Gasteiger partial charge in [0.15, 0.2) is 0 Å². The summed E-state index contributed by atoms with van der Waals surface area (Å²) in [5, 5.41) is 7.60. The standard InChI is InChI=1S/C22H27N3O7/c1-4-5-9-31-22(30)18(19(27)23-8-10-32-21(29)13(2)3)20(28)24-15-6-7-16-14(11-15)12-17(26)25-16/h6-7,11,18H,2,4-5,8-10,12H2,1,3H3,(H,23,27)(H,24,28)(H,25,26). The fraction of sp³-hybridized carbons (Fsp3) is 0.409. The molecule has 1 aromatic carbocycles. The molecule has 1 aliphatic rings. The van der Waals surface area contributed by atoms with Gasteiger partial charge in [-0.15, -0.1) is 0 Å². The molecule has 10 nitrogen and oxygen atoms in total. The first-order chi connectivity index (χ1) is 15.2. The van der Waals surface area contributed by atoms with Crippen molar-refractivity contribution < 1.29 is 33.4 Å². The van der Waals surface area contributed by atoms with E-state index in [2.05, 4.69) is 22.5 Å². The van der Waals surface area contributed by atoms with Gasteiger partial charge in [-0.3, -0.25) is 19.2 Å². The molecule has 1 aromatic rings. The van der Waals surface area contributed by atoms with Gasteiger partial charge in [0.05, 0.1) is 19.6 Å². The van der Waals surface area contributed by atoms with Crippen molar-refractivity contribution in [3.63, 3.8) is 0 Å². The van der Waals surface area contributed by atoms with Gasteiger partial charge >= 0.3 is 11.9 Å². The molecule has 3 N–H and O–H groups in total. The summed E-state index contributed by atoms with van der Waals surface area (Å²) in [5.41, 5.74) is 1.88. The Labute approximate surface area is 185 Å². The number of nitrogens with one attached hydrogen (secondary N) is 3. The molecule has 1 unspecified atom stereocenters. The van der Waals surface area contributed by atoms with Crippen LogP contribution >= 0.6 is 0 Å². The number of esters is 2. The first-order valence-corrected chi connectivity index (χ1v) is 10.2. The number of rotatable bonds is 11. The molecular weight excluding hydrogens is 418 g/mol. The van der Waals surface area contributed by atoms with E-state index in [9.17, 15) is 24.0 Å². The zero-order chi connectivity index (χ0) is 23.7. The third-order valence-electron chi connectivity index (χ3n) is 4.48. The van der Waals surface area contributed by atoms with E-state index in [1.165, 1.54) is 6.92 Å². The van der Waals surface area contributed by atoms with E-state index in [0.717, 1.165) is 6.42 Å². The Kier molecular flexibility index (Phi) is 8.94. The fourth-order valence-corrected chi connectivity index (χ4v) is 2.80. The molecule has 0 aliphatic carbocycles. The van der Waals surface area contributed by atoms with E-state index in [-0.39, 0.29) is 37.7 Å². The van der Waals surface area contributed by atoms with E-state index >= 15 is 0 Å². The first-order valence-electron chi connectivity index (χ1n) is 10.2. The van der Waals surface area contributed by atoms with Gasteiger partial charge in [-0.05, 0) is 37.1 Å². The molecule has 3 amide bonds. The average Bonchev–Trinajstić information content (AvgIpc) is 3.10.